The van der Waals surface area contributed by atoms with Gasteiger partial charge in [0.1, 0.15) is 18.0 Å². The second kappa shape index (κ2) is 7.12. The van der Waals surface area contributed by atoms with Gasteiger partial charge in [-0.05, 0) is 54.5 Å². The summed E-state index contributed by atoms with van der Waals surface area (Å²) in [6.07, 6.45) is 1.96. The Bertz CT molecular complexity index is 1050. The van der Waals surface area contributed by atoms with Crippen molar-refractivity contribution < 1.29 is 8.81 Å². The number of nitrogens with zero attached hydrogens (tertiary/aromatic N) is 6. The molecule has 0 spiro atoms. The van der Waals surface area contributed by atoms with Crippen LogP contribution in [0.5, 0.6) is 0 Å². The predicted molar refractivity (Wildman–Crippen MR) is 101 cm³/mol. The summed E-state index contributed by atoms with van der Waals surface area (Å²) in [5.41, 5.74) is 2.52. The molecule has 28 heavy (non-hydrogen) atoms. The van der Waals surface area contributed by atoms with E-state index in [1.165, 1.54) is 12.1 Å². The molecule has 7 nitrogen and oxygen atoms in total. The molecule has 0 N–H and O–H groups in total. The minimum Gasteiger partial charge on any atom is -0.440 e. The van der Waals surface area contributed by atoms with Crippen LogP contribution in [-0.4, -0.2) is 43.2 Å². The predicted octanol–water partition coefficient (Wildman–Crippen LogP) is 3.46. The van der Waals surface area contributed by atoms with Gasteiger partial charge in [0.2, 0.25) is 5.82 Å². The van der Waals surface area contributed by atoms with Gasteiger partial charge in [-0.2, -0.15) is 0 Å². The van der Waals surface area contributed by atoms with Gasteiger partial charge in [-0.1, -0.05) is 12.1 Å². The van der Waals surface area contributed by atoms with Crippen molar-refractivity contribution in [2.45, 2.75) is 25.4 Å². The lowest BCUT2D eigenvalue weighted by atomic mass is 9.97. The molecule has 2 aromatic heterocycles. The number of benzene rings is 2. The molecule has 0 bridgehead atoms. The van der Waals surface area contributed by atoms with Gasteiger partial charge in [-0.15, -0.1) is 15.0 Å². The highest BCUT2D eigenvalue weighted by Crippen LogP contribution is 2.30. The highest BCUT2D eigenvalue weighted by Gasteiger charge is 2.25. The number of hydrogen-bond acceptors (Lipinski definition) is 6. The summed E-state index contributed by atoms with van der Waals surface area (Å²) in [6.45, 7) is 2.40. The van der Waals surface area contributed by atoms with Crippen LogP contribution in [0.25, 0.3) is 22.5 Å². The molecule has 1 aliphatic heterocycles. The van der Waals surface area contributed by atoms with Crippen LogP contribution in [0.2, 0.25) is 0 Å². The molecule has 0 radical (unpaired) electrons. The number of hydrogen-bond donors (Lipinski definition) is 0. The molecule has 4 aromatic rings. The van der Waals surface area contributed by atoms with E-state index in [1.807, 2.05) is 24.3 Å². The molecule has 1 aliphatic rings. The number of rotatable bonds is 4. The fourth-order valence-corrected chi connectivity index (χ4v) is 3.58. The molecule has 1 saturated heterocycles. The van der Waals surface area contributed by atoms with Crippen molar-refractivity contribution in [2.24, 2.45) is 0 Å². The number of oxazole rings is 1. The molecule has 0 aliphatic carbocycles. The first-order valence-corrected chi connectivity index (χ1v) is 9.36. The summed E-state index contributed by atoms with van der Waals surface area (Å²) < 4.78 is 19.0. The Morgan fingerprint density at radius 3 is 2.61 bits per heavy atom. The van der Waals surface area contributed by atoms with Gasteiger partial charge in [0.25, 0.3) is 0 Å². The Hall–Kier alpha value is -3.13. The number of piperidine rings is 1. The van der Waals surface area contributed by atoms with Gasteiger partial charge in [-0.3, -0.25) is 4.90 Å². The first-order valence-electron chi connectivity index (χ1n) is 9.36. The summed E-state index contributed by atoms with van der Waals surface area (Å²) in [5, 5.41) is 12.6. The van der Waals surface area contributed by atoms with Crippen molar-refractivity contribution >= 4 is 11.1 Å². The SMILES string of the molecule is Fc1ccc(-c2nnn(CN3CCC(c4nc5ccccc5o4)CC3)n2)cc1. The van der Waals surface area contributed by atoms with Crippen molar-refractivity contribution in [1.82, 2.24) is 30.1 Å². The molecular formula is C20H19FN6O. The first kappa shape index (κ1) is 17.0. The first-order chi connectivity index (χ1) is 13.7. The van der Waals surface area contributed by atoms with Crippen molar-refractivity contribution in [3.8, 4) is 11.4 Å². The van der Waals surface area contributed by atoms with E-state index in [1.54, 1.807) is 16.9 Å². The van der Waals surface area contributed by atoms with Gasteiger partial charge in [-0.25, -0.2) is 9.37 Å². The van der Waals surface area contributed by atoms with E-state index in [9.17, 15) is 4.39 Å². The maximum absolute atomic E-state index is 13.1. The van der Waals surface area contributed by atoms with Crippen LogP contribution in [0.15, 0.2) is 52.9 Å². The summed E-state index contributed by atoms with van der Waals surface area (Å²) >= 11 is 0. The minimum atomic E-state index is -0.280. The average Bonchev–Trinajstić information content (AvgIpc) is 3.36. The van der Waals surface area contributed by atoms with Crippen molar-refractivity contribution in [3.05, 3.63) is 60.2 Å². The van der Waals surface area contributed by atoms with E-state index in [4.69, 9.17) is 4.42 Å². The summed E-state index contributed by atoms with van der Waals surface area (Å²) in [7, 11) is 0. The highest BCUT2D eigenvalue weighted by molar-refractivity contribution is 5.72. The quantitative estimate of drug-likeness (QED) is 0.542. The Balaban J connectivity index is 1.21. The van der Waals surface area contributed by atoms with Gasteiger partial charge in [0, 0.05) is 24.6 Å². The molecule has 0 atom stereocenters. The number of tetrazole rings is 1. The molecular weight excluding hydrogens is 359 g/mol. The topological polar surface area (TPSA) is 72.9 Å². The number of fused-ring (bicyclic) bond motifs is 1. The van der Waals surface area contributed by atoms with E-state index in [0.717, 1.165) is 48.5 Å². The van der Waals surface area contributed by atoms with Gasteiger partial charge < -0.3 is 4.42 Å². The van der Waals surface area contributed by atoms with Crippen LogP contribution >= 0.6 is 0 Å². The lowest BCUT2D eigenvalue weighted by Crippen LogP contribution is -2.35. The van der Waals surface area contributed by atoms with Gasteiger partial charge in [0.05, 0.1) is 0 Å². The second-order valence-corrected chi connectivity index (χ2v) is 7.05. The third-order valence-electron chi connectivity index (χ3n) is 5.13. The zero-order valence-electron chi connectivity index (χ0n) is 15.2. The molecule has 0 unspecified atom stereocenters. The number of halogens is 1. The van der Waals surface area contributed by atoms with Crippen molar-refractivity contribution in [2.75, 3.05) is 13.1 Å². The molecule has 1 fully saturated rings. The number of para-hydroxylation sites is 2. The lowest BCUT2D eigenvalue weighted by Gasteiger charge is -2.29. The van der Waals surface area contributed by atoms with E-state index in [2.05, 4.69) is 25.3 Å². The fourth-order valence-electron chi connectivity index (χ4n) is 3.58. The summed E-state index contributed by atoms with van der Waals surface area (Å²) in [4.78, 5) is 8.51. The van der Waals surface area contributed by atoms with Crippen molar-refractivity contribution in [1.29, 1.82) is 0 Å². The highest BCUT2D eigenvalue weighted by atomic mass is 19.1. The summed E-state index contributed by atoms with van der Waals surface area (Å²) in [5.74, 6) is 1.39. The normalized spacial score (nSPS) is 16.0. The Kier molecular flexibility index (Phi) is 4.32. The smallest absolute Gasteiger partial charge is 0.204 e. The molecule has 3 heterocycles. The zero-order chi connectivity index (χ0) is 18.9. The van der Waals surface area contributed by atoms with E-state index >= 15 is 0 Å². The fraction of sp³-hybridized carbons (Fsp3) is 0.300. The zero-order valence-corrected chi connectivity index (χ0v) is 15.2. The van der Waals surface area contributed by atoms with Crippen LogP contribution in [0.3, 0.4) is 0 Å². The van der Waals surface area contributed by atoms with E-state index < -0.39 is 0 Å². The van der Waals surface area contributed by atoms with Crippen LogP contribution in [0.4, 0.5) is 4.39 Å². The van der Waals surface area contributed by atoms with Gasteiger partial charge >= 0.3 is 0 Å². The summed E-state index contributed by atoms with van der Waals surface area (Å²) in [6, 6.07) is 14.0. The molecule has 0 amide bonds. The average molecular weight is 378 g/mol. The number of aromatic nitrogens is 5. The lowest BCUT2D eigenvalue weighted by molar-refractivity contribution is 0.144. The molecule has 142 valence electrons. The Morgan fingerprint density at radius 1 is 1.04 bits per heavy atom. The van der Waals surface area contributed by atoms with E-state index in [-0.39, 0.29) is 5.82 Å². The Labute approximate surface area is 160 Å². The van der Waals surface area contributed by atoms with Crippen LogP contribution in [-0.2, 0) is 6.67 Å². The molecule has 8 heteroatoms. The molecule has 2 aromatic carbocycles. The monoisotopic (exact) mass is 378 g/mol. The van der Waals surface area contributed by atoms with Crippen LogP contribution in [0.1, 0.15) is 24.7 Å². The second-order valence-electron chi connectivity index (χ2n) is 7.05. The number of likely N-dealkylation sites (tertiary alicyclic amines) is 1. The molecule has 0 saturated carbocycles. The third-order valence-corrected chi connectivity index (χ3v) is 5.13. The maximum Gasteiger partial charge on any atom is 0.204 e. The standard InChI is InChI=1S/C20H19FN6O/c21-16-7-5-14(6-8-16)19-23-25-27(24-19)13-26-11-9-15(10-12-26)20-22-17-3-1-2-4-18(17)28-20/h1-8,15H,9-13H2. The van der Waals surface area contributed by atoms with Gasteiger partial charge in [0.15, 0.2) is 11.5 Å². The Morgan fingerprint density at radius 2 is 1.82 bits per heavy atom. The third kappa shape index (κ3) is 3.38. The van der Waals surface area contributed by atoms with E-state index in [0.29, 0.717) is 18.4 Å². The minimum absolute atomic E-state index is 0.280. The maximum atomic E-state index is 13.1. The van der Waals surface area contributed by atoms with Crippen molar-refractivity contribution in [3.63, 3.8) is 0 Å². The van der Waals surface area contributed by atoms with Crippen LogP contribution < -0.4 is 0 Å². The molecule has 5 rings (SSSR count). The van der Waals surface area contributed by atoms with Crippen LogP contribution in [0, 0.1) is 5.82 Å². The largest absolute Gasteiger partial charge is 0.440 e.